The van der Waals surface area contributed by atoms with Gasteiger partial charge in [-0.05, 0) is 49.8 Å². The molecule has 0 spiro atoms. The highest BCUT2D eigenvalue weighted by atomic mass is 16.5. The van der Waals surface area contributed by atoms with E-state index in [0.29, 0.717) is 18.0 Å². The fourth-order valence-corrected chi connectivity index (χ4v) is 3.29. The Balaban J connectivity index is 1.50. The molecule has 1 saturated heterocycles. The van der Waals surface area contributed by atoms with Crippen LogP contribution >= 0.6 is 0 Å². The number of aliphatic hydroxyl groups is 1. The van der Waals surface area contributed by atoms with Gasteiger partial charge < -0.3 is 14.6 Å². The first-order chi connectivity index (χ1) is 13.1. The van der Waals surface area contributed by atoms with Gasteiger partial charge in [-0.2, -0.15) is 0 Å². The van der Waals surface area contributed by atoms with Crippen molar-refractivity contribution in [3.63, 3.8) is 0 Å². The number of benzene rings is 2. The Hall–Kier alpha value is -2.08. The molecule has 2 aromatic carbocycles. The highest BCUT2D eigenvalue weighted by molar-refractivity contribution is 5.43. The summed E-state index contributed by atoms with van der Waals surface area (Å²) in [6.45, 7) is 4.84. The van der Waals surface area contributed by atoms with E-state index in [1.807, 2.05) is 37.4 Å². The van der Waals surface area contributed by atoms with Crippen molar-refractivity contribution in [2.24, 2.45) is 0 Å². The fraction of sp³-hybridized carbons (Fsp3) is 0.455. The summed E-state index contributed by atoms with van der Waals surface area (Å²) < 4.78 is 11.3. The van der Waals surface area contributed by atoms with Crippen LogP contribution in [0.5, 0.6) is 11.5 Å². The molecule has 0 bridgehead atoms. The lowest BCUT2D eigenvalue weighted by Gasteiger charge is -2.30. The van der Waals surface area contributed by atoms with Crippen LogP contribution in [0.4, 0.5) is 0 Å². The molecule has 0 unspecified atom stereocenters. The van der Waals surface area contributed by atoms with Gasteiger partial charge in [-0.3, -0.25) is 9.80 Å². The molecule has 1 aliphatic heterocycles. The van der Waals surface area contributed by atoms with E-state index in [4.69, 9.17) is 9.47 Å². The van der Waals surface area contributed by atoms with E-state index in [9.17, 15) is 5.11 Å². The number of hydrogen-bond donors (Lipinski definition) is 1. The van der Waals surface area contributed by atoms with Crippen molar-refractivity contribution in [3.05, 3.63) is 59.7 Å². The zero-order valence-electron chi connectivity index (χ0n) is 16.3. The molecule has 1 aliphatic rings. The summed E-state index contributed by atoms with van der Waals surface area (Å²) in [4.78, 5) is 4.50. The average Bonchev–Trinajstić information content (AvgIpc) is 2.64. The molecule has 5 heteroatoms. The summed E-state index contributed by atoms with van der Waals surface area (Å²) in [5, 5.41) is 10.4. The first-order valence-corrected chi connectivity index (χ1v) is 9.56. The lowest BCUT2D eigenvalue weighted by molar-refractivity contribution is 0.0732. The number of rotatable bonds is 10. The monoisotopic (exact) mass is 370 g/mol. The maximum Gasteiger partial charge on any atom is 0.161 e. The molecule has 1 fully saturated rings. The summed E-state index contributed by atoms with van der Waals surface area (Å²) in [5.41, 5.74) is 2.44. The third kappa shape index (κ3) is 5.96. The number of likely N-dealkylation sites (tertiary alicyclic amines) is 1. The lowest BCUT2D eigenvalue weighted by atomic mass is 10.1. The molecule has 0 saturated carbocycles. The maximum atomic E-state index is 10.4. The molecule has 0 aromatic heterocycles. The van der Waals surface area contributed by atoms with Gasteiger partial charge in [0.1, 0.15) is 12.7 Å². The Bertz CT molecular complexity index is 704. The third-order valence-corrected chi connectivity index (χ3v) is 4.83. The summed E-state index contributed by atoms with van der Waals surface area (Å²) in [6.07, 6.45) is 0.713. The van der Waals surface area contributed by atoms with Crippen LogP contribution in [0.2, 0.25) is 0 Å². The van der Waals surface area contributed by atoms with Gasteiger partial charge in [-0.25, -0.2) is 0 Å². The molecule has 2 aromatic rings. The van der Waals surface area contributed by atoms with Gasteiger partial charge in [0.05, 0.1) is 7.11 Å². The van der Waals surface area contributed by atoms with Crippen LogP contribution in [-0.4, -0.2) is 61.4 Å². The molecule has 1 N–H and O–H groups in total. The van der Waals surface area contributed by atoms with Crippen LogP contribution in [0.3, 0.4) is 0 Å². The van der Waals surface area contributed by atoms with Gasteiger partial charge in [0.15, 0.2) is 11.5 Å². The Morgan fingerprint density at radius 3 is 2.52 bits per heavy atom. The van der Waals surface area contributed by atoms with E-state index in [0.717, 1.165) is 26.2 Å². The Labute approximate surface area is 162 Å². The van der Waals surface area contributed by atoms with Crippen LogP contribution < -0.4 is 9.47 Å². The molecule has 5 nitrogen and oxygen atoms in total. The molecule has 3 rings (SSSR count). The van der Waals surface area contributed by atoms with E-state index in [2.05, 4.69) is 28.0 Å². The van der Waals surface area contributed by atoms with Crippen molar-refractivity contribution >= 4 is 0 Å². The van der Waals surface area contributed by atoms with Gasteiger partial charge in [0.25, 0.3) is 0 Å². The van der Waals surface area contributed by atoms with Crippen molar-refractivity contribution in [2.75, 3.05) is 40.4 Å². The summed E-state index contributed by atoms with van der Waals surface area (Å²) in [6, 6.07) is 16.3. The normalized spacial score (nSPS) is 15.4. The van der Waals surface area contributed by atoms with Crippen molar-refractivity contribution in [2.45, 2.75) is 25.6 Å². The first-order valence-electron chi connectivity index (χ1n) is 9.56. The minimum Gasteiger partial charge on any atom is -0.493 e. The van der Waals surface area contributed by atoms with Crippen molar-refractivity contribution in [1.29, 1.82) is 0 Å². The second-order valence-electron chi connectivity index (χ2n) is 7.26. The Morgan fingerprint density at radius 1 is 1.07 bits per heavy atom. The van der Waals surface area contributed by atoms with E-state index in [-0.39, 0.29) is 6.61 Å². The number of hydrogen-bond acceptors (Lipinski definition) is 5. The predicted molar refractivity (Wildman–Crippen MR) is 107 cm³/mol. The van der Waals surface area contributed by atoms with E-state index < -0.39 is 6.10 Å². The zero-order chi connectivity index (χ0) is 19.1. The first kappa shape index (κ1) is 19.7. The van der Waals surface area contributed by atoms with Gasteiger partial charge in [0, 0.05) is 19.6 Å². The van der Waals surface area contributed by atoms with Gasteiger partial charge in [-0.1, -0.05) is 36.4 Å². The molecular weight excluding hydrogens is 340 g/mol. The Morgan fingerprint density at radius 2 is 1.85 bits per heavy atom. The molecule has 0 amide bonds. The lowest BCUT2D eigenvalue weighted by Crippen LogP contribution is -2.36. The number of ether oxygens (including phenoxy) is 2. The van der Waals surface area contributed by atoms with Gasteiger partial charge in [-0.15, -0.1) is 0 Å². The van der Waals surface area contributed by atoms with Gasteiger partial charge in [0.2, 0.25) is 0 Å². The highest BCUT2D eigenvalue weighted by Crippen LogP contribution is 2.29. The molecule has 27 heavy (non-hydrogen) atoms. The standard InChI is InChI=1S/C22H30N2O3/c1-23(14-18-7-4-3-5-8-18)16-20(25)17-27-22-13-19(9-10-21(22)26-2)15-24-11-6-12-24/h3-5,7-10,13,20,25H,6,11-12,14-17H2,1-2H3/t20-/m1/s1. The molecule has 146 valence electrons. The van der Waals surface area contributed by atoms with E-state index in [1.54, 1.807) is 7.11 Å². The number of aliphatic hydroxyl groups excluding tert-OH is 1. The molecule has 0 aliphatic carbocycles. The zero-order valence-corrected chi connectivity index (χ0v) is 16.3. The maximum absolute atomic E-state index is 10.4. The topological polar surface area (TPSA) is 45.2 Å². The Kier molecular flexibility index (Phi) is 7.10. The SMILES string of the molecule is COc1ccc(CN2CCC2)cc1OC[C@H](O)CN(C)Cc1ccccc1. The summed E-state index contributed by atoms with van der Waals surface area (Å²) >= 11 is 0. The van der Waals surface area contributed by atoms with E-state index in [1.165, 1.54) is 17.5 Å². The summed E-state index contributed by atoms with van der Waals surface area (Å²) in [5.74, 6) is 1.40. The smallest absolute Gasteiger partial charge is 0.161 e. The minimum absolute atomic E-state index is 0.239. The van der Waals surface area contributed by atoms with Crippen LogP contribution in [0.1, 0.15) is 17.5 Å². The van der Waals surface area contributed by atoms with Crippen molar-refractivity contribution in [3.8, 4) is 11.5 Å². The minimum atomic E-state index is -0.567. The van der Waals surface area contributed by atoms with Crippen LogP contribution in [0.25, 0.3) is 0 Å². The number of nitrogens with zero attached hydrogens (tertiary/aromatic N) is 2. The second kappa shape index (κ2) is 9.74. The van der Waals surface area contributed by atoms with Crippen LogP contribution in [0.15, 0.2) is 48.5 Å². The number of methoxy groups -OCH3 is 1. The largest absolute Gasteiger partial charge is 0.493 e. The second-order valence-corrected chi connectivity index (χ2v) is 7.26. The summed E-state index contributed by atoms with van der Waals surface area (Å²) in [7, 11) is 3.64. The fourth-order valence-electron chi connectivity index (χ4n) is 3.29. The number of likely N-dealkylation sites (N-methyl/N-ethyl adjacent to an activating group) is 1. The van der Waals surface area contributed by atoms with E-state index >= 15 is 0 Å². The molecule has 1 heterocycles. The molecule has 1 atom stereocenters. The quantitative estimate of drug-likeness (QED) is 0.697. The predicted octanol–water partition coefficient (Wildman–Crippen LogP) is 2.77. The molecular formula is C22H30N2O3. The van der Waals surface area contributed by atoms with Gasteiger partial charge >= 0.3 is 0 Å². The van der Waals surface area contributed by atoms with Crippen LogP contribution in [-0.2, 0) is 13.1 Å². The van der Waals surface area contributed by atoms with Crippen molar-refractivity contribution < 1.29 is 14.6 Å². The molecule has 0 radical (unpaired) electrons. The van der Waals surface area contributed by atoms with Crippen molar-refractivity contribution in [1.82, 2.24) is 9.80 Å². The highest BCUT2D eigenvalue weighted by Gasteiger charge is 2.16. The third-order valence-electron chi connectivity index (χ3n) is 4.83. The van der Waals surface area contributed by atoms with Crippen LogP contribution in [0, 0.1) is 0 Å². The average molecular weight is 370 g/mol.